The van der Waals surface area contributed by atoms with Crippen LogP contribution in [0.1, 0.15) is 0 Å². The van der Waals surface area contributed by atoms with Crippen molar-refractivity contribution in [1.29, 1.82) is 0 Å². The molecule has 0 saturated carbocycles. The van der Waals surface area contributed by atoms with Crippen LogP contribution in [0, 0.1) is 0 Å². The average molecular weight is 428 g/mol. The van der Waals surface area contributed by atoms with Gasteiger partial charge in [0.1, 0.15) is 0 Å². The summed E-state index contributed by atoms with van der Waals surface area (Å²) in [5, 5.41) is 0. The van der Waals surface area contributed by atoms with E-state index in [2.05, 4.69) is 51.8 Å². The summed E-state index contributed by atoms with van der Waals surface area (Å²) in [5.41, 5.74) is 0. The predicted molar refractivity (Wildman–Crippen MR) is 75.8 cm³/mol. The van der Waals surface area contributed by atoms with Crippen LogP contribution in [0.4, 0.5) is 0 Å². The molecule has 0 heterocycles. The van der Waals surface area contributed by atoms with Crippen LogP contribution in [0.25, 0.3) is 0 Å². The molecule has 0 spiro atoms. The monoisotopic (exact) mass is 432 g/mol. The molecule has 0 aliphatic carbocycles. The Morgan fingerprint density at radius 3 is 0.615 bits per heavy atom. The van der Waals surface area contributed by atoms with E-state index >= 15 is 0 Å². The van der Waals surface area contributed by atoms with Gasteiger partial charge in [0, 0.05) is 0 Å². The van der Waals surface area contributed by atoms with E-state index in [1.807, 2.05) is 0 Å². The van der Waals surface area contributed by atoms with E-state index in [-0.39, 0.29) is 8.68 Å². The fourth-order valence-corrected chi connectivity index (χ4v) is 424. The Bertz CT molecular complexity index is 137. The van der Waals surface area contributed by atoms with Crippen molar-refractivity contribution in [1.82, 2.24) is 0 Å². The van der Waals surface area contributed by atoms with Gasteiger partial charge in [-0.3, -0.25) is 0 Å². The van der Waals surface area contributed by atoms with Crippen molar-refractivity contribution in [3.8, 4) is 0 Å². The summed E-state index contributed by atoms with van der Waals surface area (Å²) in [4.78, 5) is 0. The molecule has 0 aliphatic heterocycles. The minimum atomic E-state index is -1.25. The molecule has 13 heavy (non-hydrogen) atoms. The van der Waals surface area contributed by atoms with Gasteiger partial charge in [-0.1, -0.05) is 0 Å². The number of rotatable bonds is 3. The van der Waals surface area contributed by atoms with E-state index in [4.69, 9.17) is 0 Å². The van der Waals surface area contributed by atoms with E-state index in [1.54, 1.807) is 0 Å². The van der Waals surface area contributed by atoms with E-state index < -0.39 is 33.7 Å². The zero-order valence-corrected chi connectivity index (χ0v) is 19.1. The molecule has 0 unspecified atom stereocenters. The summed E-state index contributed by atoms with van der Waals surface area (Å²) < 4.78 is 0. The minimum absolute atomic E-state index is 0.312. The zero-order valence-electron chi connectivity index (χ0n) is 10.9. The molecular weight excluding hydrogens is 401 g/mol. The second kappa shape index (κ2) is 4.59. The van der Waals surface area contributed by atoms with Crippen LogP contribution in [0.15, 0.2) is 0 Å². The fourth-order valence-electron chi connectivity index (χ4n) is 3.02. The Hall–Kier alpha value is 2.19. The summed E-state index contributed by atoms with van der Waals surface area (Å²) in [7, 11) is -0.312. The molecule has 0 fully saturated rings. The van der Waals surface area contributed by atoms with E-state index in [1.165, 1.54) is 0 Å². The average Bonchev–Trinajstić information content (AvgIpc) is 1.44. The van der Waals surface area contributed by atoms with Crippen LogP contribution in [0.2, 0.25) is 51.8 Å². The molecular formula is C9H27AsGe3. The molecule has 80 valence electrons. The molecule has 0 nitrogen and oxygen atoms in total. The van der Waals surface area contributed by atoms with Crippen molar-refractivity contribution in [2.45, 2.75) is 51.8 Å². The molecule has 0 rings (SSSR count). The first-order chi connectivity index (χ1) is 5.37. The standard InChI is InChI=1S/C9H27AsGe3/c1-11(2,3)10(12(4,5)6)13(7,8)9/h1-9H3. The van der Waals surface area contributed by atoms with Crippen molar-refractivity contribution >= 4 is 42.4 Å². The molecule has 0 atom stereocenters. The van der Waals surface area contributed by atoms with Gasteiger partial charge in [0.25, 0.3) is 0 Å². The molecule has 0 aromatic heterocycles. The summed E-state index contributed by atoms with van der Waals surface area (Å²) >= 11 is -3.75. The molecule has 0 amide bonds. The Morgan fingerprint density at radius 2 is 0.615 bits per heavy atom. The Balaban J connectivity index is 5.02. The molecule has 0 radical (unpaired) electrons. The van der Waals surface area contributed by atoms with Gasteiger partial charge in [-0.05, 0) is 0 Å². The van der Waals surface area contributed by atoms with Crippen LogP contribution in [0.3, 0.4) is 0 Å². The van der Waals surface area contributed by atoms with Gasteiger partial charge in [0.2, 0.25) is 0 Å². The first-order valence-corrected chi connectivity index (χ1v) is 41.5. The Kier molecular flexibility index (Phi) is 5.36. The van der Waals surface area contributed by atoms with Gasteiger partial charge >= 0.3 is 94.2 Å². The molecule has 0 aromatic rings. The summed E-state index contributed by atoms with van der Waals surface area (Å²) in [6.45, 7) is 0. The van der Waals surface area contributed by atoms with Crippen LogP contribution >= 0.6 is 0 Å². The molecule has 0 aromatic carbocycles. The van der Waals surface area contributed by atoms with Gasteiger partial charge < -0.3 is 0 Å². The number of hydrogen-bond acceptors (Lipinski definition) is 0. The van der Waals surface area contributed by atoms with Crippen LogP contribution in [0.5, 0.6) is 0 Å². The molecule has 0 N–H and O–H groups in total. The number of hydrogen-bond donors (Lipinski definition) is 0. The second-order valence-corrected chi connectivity index (χ2v) is 125. The van der Waals surface area contributed by atoms with Crippen LogP contribution in [-0.2, 0) is 0 Å². The van der Waals surface area contributed by atoms with Gasteiger partial charge in [-0.25, -0.2) is 0 Å². The second-order valence-electron chi connectivity index (χ2n) is 6.85. The summed E-state index contributed by atoms with van der Waals surface area (Å²) in [5.74, 6) is 24.3. The topological polar surface area (TPSA) is 0 Å². The normalized spacial score (nSPS) is 15.2. The first kappa shape index (κ1) is 15.2. The molecule has 4 heteroatoms. The summed E-state index contributed by atoms with van der Waals surface area (Å²) in [6.07, 6.45) is 0. The predicted octanol–water partition coefficient (Wildman–Crippen LogP) is 3.73. The van der Waals surface area contributed by atoms with E-state index in [0.29, 0.717) is 0 Å². The fraction of sp³-hybridized carbons (Fsp3) is 1.00. The van der Waals surface area contributed by atoms with Gasteiger partial charge in [-0.2, -0.15) is 0 Å². The van der Waals surface area contributed by atoms with Gasteiger partial charge in [0.15, 0.2) is 0 Å². The Labute approximate surface area is 93.0 Å². The van der Waals surface area contributed by atoms with Crippen molar-refractivity contribution in [3.05, 3.63) is 0 Å². The quantitative estimate of drug-likeness (QED) is 0.602. The zero-order chi connectivity index (χ0) is 11.1. The first-order valence-electron chi connectivity index (χ1n) is 5.17. The van der Waals surface area contributed by atoms with Crippen molar-refractivity contribution < 1.29 is 0 Å². The van der Waals surface area contributed by atoms with E-state index in [0.717, 1.165) is 0 Å². The maximum absolute atomic E-state index is 2.70. The third kappa shape index (κ3) is 5.17. The molecule has 0 saturated heterocycles. The third-order valence-corrected chi connectivity index (χ3v) is 282. The van der Waals surface area contributed by atoms with Crippen LogP contribution < -0.4 is 0 Å². The van der Waals surface area contributed by atoms with Crippen LogP contribution in [-0.4, -0.2) is 42.4 Å². The molecule has 0 bridgehead atoms. The Morgan fingerprint density at radius 1 is 0.462 bits per heavy atom. The van der Waals surface area contributed by atoms with Crippen molar-refractivity contribution in [2.75, 3.05) is 0 Å². The van der Waals surface area contributed by atoms with Gasteiger partial charge in [-0.15, -0.1) is 0 Å². The molecule has 0 aliphatic rings. The van der Waals surface area contributed by atoms with Gasteiger partial charge in [0.05, 0.1) is 0 Å². The van der Waals surface area contributed by atoms with Crippen molar-refractivity contribution in [2.24, 2.45) is 0 Å². The maximum atomic E-state index is 2.70. The third-order valence-electron chi connectivity index (χ3n) is 2.01. The van der Waals surface area contributed by atoms with E-state index in [9.17, 15) is 0 Å². The van der Waals surface area contributed by atoms with Crippen molar-refractivity contribution in [3.63, 3.8) is 0 Å². The summed E-state index contributed by atoms with van der Waals surface area (Å²) in [6, 6.07) is 0. The SMILES string of the molecule is [CH3][Ge]([CH3])([CH3])[As]([Ge]([CH3])([CH3])[CH3])[Ge]([CH3])([CH3])[CH3].